The zero-order chi connectivity index (χ0) is 20.7. The molecular formula is C20H14N6O3S. The van der Waals surface area contributed by atoms with Crippen LogP contribution in [0.25, 0.3) is 22.4 Å². The minimum atomic E-state index is -3.79. The molecule has 0 bridgehead atoms. The largest absolute Gasteiger partial charge is 0.283 e. The Morgan fingerprint density at radius 3 is 2.43 bits per heavy atom. The van der Waals surface area contributed by atoms with E-state index in [1.165, 1.54) is 29.2 Å². The lowest BCUT2D eigenvalue weighted by Crippen LogP contribution is -2.16. The van der Waals surface area contributed by atoms with E-state index in [-0.39, 0.29) is 16.3 Å². The normalized spacial score (nSPS) is 11.7. The molecule has 5 rings (SSSR count). The number of hydrogen-bond donors (Lipinski definition) is 1. The van der Waals surface area contributed by atoms with E-state index in [9.17, 15) is 13.2 Å². The van der Waals surface area contributed by atoms with Gasteiger partial charge < -0.3 is 0 Å². The van der Waals surface area contributed by atoms with E-state index in [1.807, 2.05) is 0 Å². The summed E-state index contributed by atoms with van der Waals surface area (Å²) >= 11 is 0. The number of pyridine rings is 1. The molecule has 0 aliphatic rings. The molecule has 5 aromatic rings. The summed E-state index contributed by atoms with van der Waals surface area (Å²) in [6.45, 7) is 0. The number of benzene rings is 2. The van der Waals surface area contributed by atoms with Crippen LogP contribution in [-0.4, -0.2) is 32.6 Å². The number of anilines is 1. The summed E-state index contributed by atoms with van der Waals surface area (Å²) in [6.07, 6.45) is 2.97. The SMILES string of the molecule is O=c1c2ccccc2nc2n(-c3ccc(S(=O)(=O)Nc4ccccn4)cc3)cnn12. The molecule has 2 aromatic carbocycles. The molecule has 0 atom stereocenters. The molecule has 0 saturated heterocycles. The van der Waals surface area contributed by atoms with Gasteiger partial charge in [-0.2, -0.15) is 9.61 Å². The van der Waals surface area contributed by atoms with Gasteiger partial charge in [0.2, 0.25) is 5.78 Å². The summed E-state index contributed by atoms with van der Waals surface area (Å²) in [4.78, 5) is 21.2. The molecule has 0 amide bonds. The van der Waals surface area contributed by atoms with Crippen LogP contribution < -0.4 is 10.3 Å². The number of nitrogens with zero attached hydrogens (tertiary/aromatic N) is 5. The maximum Gasteiger partial charge on any atom is 0.283 e. The number of para-hydroxylation sites is 1. The van der Waals surface area contributed by atoms with Gasteiger partial charge in [-0.3, -0.25) is 14.1 Å². The lowest BCUT2D eigenvalue weighted by atomic mass is 10.2. The van der Waals surface area contributed by atoms with Crippen LogP contribution in [0, 0.1) is 0 Å². The molecule has 0 aliphatic carbocycles. The lowest BCUT2D eigenvalue weighted by Gasteiger charge is -2.08. The zero-order valence-electron chi connectivity index (χ0n) is 15.4. The Balaban J connectivity index is 1.54. The van der Waals surface area contributed by atoms with Gasteiger partial charge in [-0.15, -0.1) is 0 Å². The summed E-state index contributed by atoms with van der Waals surface area (Å²) in [7, 11) is -3.79. The second-order valence-corrected chi connectivity index (χ2v) is 8.14. The summed E-state index contributed by atoms with van der Waals surface area (Å²) in [6, 6.07) is 18.2. The van der Waals surface area contributed by atoms with Crippen LogP contribution in [0.4, 0.5) is 5.82 Å². The van der Waals surface area contributed by atoms with Crippen LogP contribution in [-0.2, 0) is 10.0 Å². The first kappa shape index (κ1) is 18.0. The number of fused-ring (bicyclic) bond motifs is 2. The van der Waals surface area contributed by atoms with Gasteiger partial charge in [0.05, 0.1) is 21.5 Å². The van der Waals surface area contributed by atoms with E-state index in [4.69, 9.17) is 0 Å². The molecule has 3 heterocycles. The van der Waals surface area contributed by atoms with Crippen LogP contribution >= 0.6 is 0 Å². The first-order valence-corrected chi connectivity index (χ1v) is 10.4. The summed E-state index contributed by atoms with van der Waals surface area (Å²) < 4.78 is 30.4. The molecule has 3 aromatic heterocycles. The smallest absolute Gasteiger partial charge is 0.267 e. The van der Waals surface area contributed by atoms with Crippen LogP contribution in [0.1, 0.15) is 0 Å². The van der Waals surface area contributed by atoms with E-state index in [1.54, 1.807) is 59.2 Å². The predicted octanol–water partition coefficient (Wildman–Crippen LogP) is 2.23. The highest BCUT2D eigenvalue weighted by Crippen LogP contribution is 2.18. The topological polar surface area (TPSA) is 111 Å². The van der Waals surface area contributed by atoms with Crippen LogP contribution in [0.5, 0.6) is 0 Å². The minimum absolute atomic E-state index is 0.0805. The molecule has 30 heavy (non-hydrogen) atoms. The predicted molar refractivity (Wildman–Crippen MR) is 111 cm³/mol. The number of nitrogens with one attached hydrogen (secondary N) is 1. The number of hydrogen-bond acceptors (Lipinski definition) is 6. The van der Waals surface area contributed by atoms with E-state index < -0.39 is 10.0 Å². The fraction of sp³-hybridized carbons (Fsp3) is 0. The van der Waals surface area contributed by atoms with Gasteiger partial charge in [0, 0.05) is 6.20 Å². The molecule has 0 unspecified atom stereocenters. The quantitative estimate of drug-likeness (QED) is 0.479. The second-order valence-electron chi connectivity index (χ2n) is 6.46. The molecule has 0 aliphatic heterocycles. The van der Waals surface area contributed by atoms with Crippen molar-refractivity contribution in [3.05, 3.63) is 89.6 Å². The number of rotatable bonds is 4. The molecule has 0 saturated carbocycles. The molecule has 1 N–H and O–H groups in total. The van der Waals surface area contributed by atoms with E-state index in [0.717, 1.165) is 0 Å². The lowest BCUT2D eigenvalue weighted by molar-refractivity contribution is 0.601. The van der Waals surface area contributed by atoms with Gasteiger partial charge >= 0.3 is 0 Å². The van der Waals surface area contributed by atoms with E-state index >= 15 is 0 Å². The Hall–Kier alpha value is -4.05. The molecule has 148 valence electrons. The molecular weight excluding hydrogens is 404 g/mol. The highest BCUT2D eigenvalue weighted by molar-refractivity contribution is 7.92. The van der Waals surface area contributed by atoms with Crippen molar-refractivity contribution in [2.45, 2.75) is 4.90 Å². The Bertz CT molecular complexity index is 1540. The van der Waals surface area contributed by atoms with Gasteiger partial charge in [0.15, 0.2) is 0 Å². The van der Waals surface area contributed by atoms with Gasteiger partial charge in [0.25, 0.3) is 15.6 Å². The fourth-order valence-corrected chi connectivity index (χ4v) is 4.12. The van der Waals surface area contributed by atoms with Gasteiger partial charge in [-0.25, -0.2) is 18.4 Å². The first-order valence-electron chi connectivity index (χ1n) is 8.92. The van der Waals surface area contributed by atoms with Gasteiger partial charge in [-0.05, 0) is 48.5 Å². The van der Waals surface area contributed by atoms with E-state index in [0.29, 0.717) is 22.4 Å². The molecule has 0 spiro atoms. The summed E-state index contributed by atoms with van der Waals surface area (Å²) in [5.74, 6) is 0.568. The van der Waals surface area contributed by atoms with Crippen molar-refractivity contribution < 1.29 is 8.42 Å². The standard InChI is InChI=1S/C20H14N6O3S/c27-19-16-5-1-2-6-17(16)23-20-25(13-22-26(19)20)14-8-10-15(11-9-14)30(28,29)24-18-7-3-4-12-21-18/h1-13H,(H,21,24). The van der Waals surface area contributed by atoms with Gasteiger partial charge in [-0.1, -0.05) is 18.2 Å². The second kappa shape index (κ2) is 6.78. The van der Waals surface area contributed by atoms with Crippen molar-refractivity contribution in [2.75, 3.05) is 4.72 Å². The number of sulfonamides is 1. The van der Waals surface area contributed by atoms with Crippen LogP contribution in [0.15, 0.2) is 88.9 Å². The average Bonchev–Trinajstić information content (AvgIpc) is 3.19. The monoisotopic (exact) mass is 418 g/mol. The highest BCUT2D eigenvalue weighted by atomic mass is 32.2. The van der Waals surface area contributed by atoms with Crippen molar-refractivity contribution in [2.24, 2.45) is 0 Å². The third-order valence-electron chi connectivity index (χ3n) is 4.56. The Morgan fingerprint density at radius 1 is 0.900 bits per heavy atom. The Kier molecular flexibility index (Phi) is 4.07. The van der Waals surface area contributed by atoms with Crippen molar-refractivity contribution in [3.8, 4) is 5.69 Å². The Morgan fingerprint density at radius 2 is 1.67 bits per heavy atom. The third kappa shape index (κ3) is 2.99. The van der Waals surface area contributed by atoms with Gasteiger partial charge in [0.1, 0.15) is 12.1 Å². The van der Waals surface area contributed by atoms with Crippen molar-refractivity contribution >= 4 is 32.5 Å². The third-order valence-corrected chi connectivity index (χ3v) is 5.93. The van der Waals surface area contributed by atoms with Crippen LogP contribution in [0.3, 0.4) is 0 Å². The zero-order valence-corrected chi connectivity index (χ0v) is 16.2. The fourth-order valence-electron chi connectivity index (χ4n) is 3.11. The van der Waals surface area contributed by atoms with E-state index in [2.05, 4.69) is 19.8 Å². The number of aromatic nitrogens is 5. The maximum absolute atomic E-state index is 12.6. The molecule has 10 heteroatoms. The Labute approximate surface area is 170 Å². The van der Waals surface area contributed by atoms with Crippen molar-refractivity contribution in [1.82, 2.24) is 24.1 Å². The summed E-state index contributed by atoms with van der Waals surface area (Å²) in [5.41, 5.74) is 0.903. The highest BCUT2D eigenvalue weighted by Gasteiger charge is 2.16. The summed E-state index contributed by atoms with van der Waals surface area (Å²) in [5, 5.41) is 4.61. The minimum Gasteiger partial charge on any atom is -0.267 e. The van der Waals surface area contributed by atoms with Crippen molar-refractivity contribution in [1.29, 1.82) is 0 Å². The van der Waals surface area contributed by atoms with Crippen LogP contribution in [0.2, 0.25) is 0 Å². The molecule has 0 fully saturated rings. The molecule has 9 nitrogen and oxygen atoms in total. The maximum atomic E-state index is 12.6. The average molecular weight is 418 g/mol. The molecule has 0 radical (unpaired) electrons. The van der Waals surface area contributed by atoms with Crippen molar-refractivity contribution in [3.63, 3.8) is 0 Å². The first-order chi connectivity index (χ1) is 14.5.